The highest BCUT2D eigenvalue weighted by molar-refractivity contribution is 5.60. The minimum atomic E-state index is 0.492. The second-order valence-corrected chi connectivity index (χ2v) is 4.47. The molecule has 0 bridgehead atoms. The van der Waals surface area contributed by atoms with Gasteiger partial charge in [-0.2, -0.15) is 4.98 Å². The van der Waals surface area contributed by atoms with E-state index in [0.717, 1.165) is 16.8 Å². The Morgan fingerprint density at radius 3 is 2.60 bits per heavy atom. The van der Waals surface area contributed by atoms with Crippen molar-refractivity contribution in [3.63, 3.8) is 0 Å². The van der Waals surface area contributed by atoms with E-state index in [4.69, 9.17) is 4.52 Å². The first-order valence-electron chi connectivity index (χ1n) is 6.31. The van der Waals surface area contributed by atoms with Crippen LogP contribution in [0.1, 0.15) is 5.56 Å². The van der Waals surface area contributed by atoms with Crippen LogP contribution in [0.25, 0.3) is 23.0 Å². The van der Waals surface area contributed by atoms with Crippen molar-refractivity contribution in [3.8, 4) is 23.0 Å². The van der Waals surface area contributed by atoms with Gasteiger partial charge in [0.25, 0.3) is 5.89 Å². The molecule has 0 saturated heterocycles. The number of nitrogens with zero attached hydrogens (tertiary/aromatic N) is 3. The number of aromatic nitrogens is 3. The fourth-order valence-electron chi connectivity index (χ4n) is 1.88. The Balaban J connectivity index is 1.93. The average molecular weight is 266 g/mol. The maximum Gasteiger partial charge on any atom is 0.258 e. The molecule has 0 fully saturated rings. The molecule has 2 aromatic heterocycles. The molecule has 20 heavy (non-hydrogen) atoms. The molecule has 0 unspecified atom stereocenters. The number of aryl methyl sites for hydroxylation is 1. The van der Waals surface area contributed by atoms with Gasteiger partial charge in [0, 0.05) is 24.5 Å². The van der Waals surface area contributed by atoms with Gasteiger partial charge in [-0.25, -0.2) is 0 Å². The predicted molar refractivity (Wildman–Crippen MR) is 77.2 cm³/mol. The summed E-state index contributed by atoms with van der Waals surface area (Å²) in [6.45, 7) is 2.00. The predicted octanol–water partition coefficient (Wildman–Crippen LogP) is 3.15. The molecule has 0 saturated carbocycles. The lowest BCUT2D eigenvalue weighted by atomic mass is 10.2. The fraction of sp³-hybridized carbons (Fsp3) is 0.133. The fourth-order valence-corrected chi connectivity index (χ4v) is 1.88. The van der Waals surface area contributed by atoms with Crippen LogP contribution in [0.5, 0.6) is 0 Å². The van der Waals surface area contributed by atoms with Crippen molar-refractivity contribution in [3.05, 3.63) is 48.2 Å². The molecular weight excluding hydrogens is 252 g/mol. The highest BCUT2D eigenvalue weighted by Crippen LogP contribution is 2.22. The molecule has 0 aliphatic heterocycles. The number of rotatable bonds is 3. The molecule has 100 valence electrons. The van der Waals surface area contributed by atoms with Gasteiger partial charge in [-0.3, -0.25) is 4.98 Å². The van der Waals surface area contributed by atoms with E-state index in [0.29, 0.717) is 17.4 Å². The number of hydrogen-bond acceptors (Lipinski definition) is 5. The van der Waals surface area contributed by atoms with Gasteiger partial charge in [0.2, 0.25) is 5.82 Å². The third-order valence-electron chi connectivity index (χ3n) is 2.99. The molecule has 0 radical (unpaired) electrons. The molecule has 5 heteroatoms. The van der Waals surface area contributed by atoms with E-state index in [-0.39, 0.29) is 0 Å². The molecule has 3 rings (SSSR count). The summed E-state index contributed by atoms with van der Waals surface area (Å²) in [6, 6.07) is 11.7. The van der Waals surface area contributed by atoms with Gasteiger partial charge in [0.05, 0.1) is 0 Å². The molecule has 5 nitrogen and oxygen atoms in total. The molecule has 1 aromatic carbocycles. The standard InChI is InChI=1S/C15H14N4O/c1-10-7-8-17-13(9-10)14-18-15(20-19-14)11-3-5-12(16-2)6-4-11/h3-9,16H,1-2H3. The lowest BCUT2D eigenvalue weighted by molar-refractivity contribution is 0.432. The molecule has 0 amide bonds. The van der Waals surface area contributed by atoms with Crippen LogP contribution >= 0.6 is 0 Å². The third-order valence-corrected chi connectivity index (χ3v) is 2.99. The maximum atomic E-state index is 5.30. The Bertz CT molecular complexity index is 719. The van der Waals surface area contributed by atoms with Crippen LogP contribution in [-0.4, -0.2) is 22.2 Å². The van der Waals surface area contributed by atoms with E-state index in [1.807, 2.05) is 50.4 Å². The minimum absolute atomic E-state index is 0.492. The highest BCUT2D eigenvalue weighted by atomic mass is 16.5. The molecule has 0 aliphatic carbocycles. The zero-order valence-electron chi connectivity index (χ0n) is 11.3. The smallest absolute Gasteiger partial charge is 0.258 e. The Hall–Kier alpha value is -2.69. The van der Waals surface area contributed by atoms with Crippen LogP contribution in [0.15, 0.2) is 47.1 Å². The number of pyridine rings is 1. The van der Waals surface area contributed by atoms with Crippen molar-refractivity contribution in [2.45, 2.75) is 6.92 Å². The zero-order chi connectivity index (χ0) is 13.9. The highest BCUT2D eigenvalue weighted by Gasteiger charge is 2.11. The molecule has 1 N–H and O–H groups in total. The third kappa shape index (κ3) is 2.38. The molecule has 2 heterocycles. The van der Waals surface area contributed by atoms with Crippen molar-refractivity contribution in [1.29, 1.82) is 0 Å². The van der Waals surface area contributed by atoms with E-state index in [9.17, 15) is 0 Å². The molecule has 0 spiro atoms. The lowest BCUT2D eigenvalue weighted by Crippen LogP contribution is -1.88. The quantitative estimate of drug-likeness (QED) is 0.789. The van der Waals surface area contributed by atoms with Gasteiger partial charge in [0.15, 0.2) is 0 Å². The summed E-state index contributed by atoms with van der Waals surface area (Å²) in [5, 5.41) is 7.05. The molecular formula is C15H14N4O. The van der Waals surface area contributed by atoms with E-state index in [1.165, 1.54) is 0 Å². The van der Waals surface area contributed by atoms with Crippen molar-refractivity contribution in [2.75, 3.05) is 12.4 Å². The zero-order valence-corrected chi connectivity index (χ0v) is 11.3. The summed E-state index contributed by atoms with van der Waals surface area (Å²) in [5.41, 5.74) is 3.75. The number of hydrogen-bond donors (Lipinski definition) is 1. The van der Waals surface area contributed by atoms with Gasteiger partial charge in [-0.05, 0) is 48.9 Å². The summed E-state index contributed by atoms with van der Waals surface area (Å²) in [4.78, 5) is 8.64. The van der Waals surface area contributed by atoms with Crippen LogP contribution < -0.4 is 5.32 Å². The number of anilines is 1. The van der Waals surface area contributed by atoms with Crippen molar-refractivity contribution >= 4 is 5.69 Å². The van der Waals surface area contributed by atoms with Crippen LogP contribution in [0.2, 0.25) is 0 Å². The van der Waals surface area contributed by atoms with Gasteiger partial charge < -0.3 is 9.84 Å². The summed E-state index contributed by atoms with van der Waals surface area (Å²) in [7, 11) is 1.88. The van der Waals surface area contributed by atoms with Crippen molar-refractivity contribution in [1.82, 2.24) is 15.1 Å². The Morgan fingerprint density at radius 2 is 1.90 bits per heavy atom. The number of nitrogens with one attached hydrogen (secondary N) is 1. The van der Waals surface area contributed by atoms with Gasteiger partial charge >= 0.3 is 0 Å². The minimum Gasteiger partial charge on any atom is -0.388 e. The van der Waals surface area contributed by atoms with Crippen LogP contribution in [0.4, 0.5) is 5.69 Å². The van der Waals surface area contributed by atoms with Crippen molar-refractivity contribution in [2.24, 2.45) is 0 Å². The van der Waals surface area contributed by atoms with Gasteiger partial charge in [-0.1, -0.05) is 5.16 Å². The van der Waals surface area contributed by atoms with E-state index >= 15 is 0 Å². The Labute approximate surface area is 116 Å². The average Bonchev–Trinajstić information content (AvgIpc) is 2.97. The van der Waals surface area contributed by atoms with Crippen LogP contribution in [0, 0.1) is 6.92 Å². The van der Waals surface area contributed by atoms with E-state index in [1.54, 1.807) is 6.20 Å². The summed E-state index contributed by atoms with van der Waals surface area (Å²) in [6.07, 6.45) is 1.74. The topological polar surface area (TPSA) is 63.8 Å². The Morgan fingerprint density at radius 1 is 1.10 bits per heavy atom. The summed E-state index contributed by atoms with van der Waals surface area (Å²) >= 11 is 0. The first kappa shape index (κ1) is 12.3. The molecule has 3 aromatic rings. The van der Waals surface area contributed by atoms with Crippen LogP contribution in [-0.2, 0) is 0 Å². The van der Waals surface area contributed by atoms with Gasteiger partial charge in [-0.15, -0.1) is 0 Å². The lowest BCUT2D eigenvalue weighted by Gasteiger charge is -1.99. The normalized spacial score (nSPS) is 10.5. The second kappa shape index (κ2) is 5.13. The largest absolute Gasteiger partial charge is 0.388 e. The van der Waals surface area contributed by atoms with Gasteiger partial charge in [0.1, 0.15) is 5.69 Å². The summed E-state index contributed by atoms with van der Waals surface area (Å²) in [5.74, 6) is 0.993. The van der Waals surface area contributed by atoms with E-state index < -0.39 is 0 Å². The molecule has 0 aliphatic rings. The first-order valence-corrected chi connectivity index (χ1v) is 6.31. The van der Waals surface area contributed by atoms with Crippen LogP contribution in [0.3, 0.4) is 0 Å². The SMILES string of the molecule is CNc1ccc(-c2nc(-c3cc(C)ccn3)no2)cc1. The Kier molecular flexibility index (Phi) is 3.16. The van der Waals surface area contributed by atoms with E-state index in [2.05, 4.69) is 20.4 Å². The maximum absolute atomic E-state index is 5.30. The second-order valence-electron chi connectivity index (χ2n) is 4.47. The monoisotopic (exact) mass is 266 g/mol. The van der Waals surface area contributed by atoms with Crippen molar-refractivity contribution < 1.29 is 4.52 Å². The first-order chi connectivity index (χ1) is 9.76. The number of benzene rings is 1. The summed E-state index contributed by atoms with van der Waals surface area (Å²) < 4.78 is 5.30. The molecule has 0 atom stereocenters.